The van der Waals surface area contributed by atoms with E-state index in [2.05, 4.69) is 5.32 Å². The number of fused-ring (bicyclic) bond motifs is 1. The van der Waals surface area contributed by atoms with Gasteiger partial charge in [0.2, 0.25) is 0 Å². The van der Waals surface area contributed by atoms with E-state index in [1.54, 1.807) is 25.1 Å². The van der Waals surface area contributed by atoms with E-state index in [1.165, 1.54) is 17.0 Å². The highest BCUT2D eigenvalue weighted by Crippen LogP contribution is 2.26. The maximum Gasteiger partial charge on any atom is 0.269 e. The number of carbonyl (C=O) groups excluding carboxylic acids is 2. The summed E-state index contributed by atoms with van der Waals surface area (Å²) in [4.78, 5) is 37.0. The molecule has 0 saturated carbocycles. The molecule has 31 heavy (non-hydrogen) atoms. The zero-order valence-corrected chi connectivity index (χ0v) is 17.4. The summed E-state index contributed by atoms with van der Waals surface area (Å²) >= 11 is 5.08. The third kappa shape index (κ3) is 3.82. The number of non-ortho nitro benzene ring substituents is 1. The second kappa shape index (κ2) is 8.11. The first-order valence-corrected chi connectivity index (χ1v) is 10.00. The SMILES string of the molecule is CCN1C(=O)/C(=C/c2cn(Cc3ccc([N+](=O)[O-])cc3)c3ccccc23)C(=O)NC1=S. The Balaban J connectivity index is 1.74. The minimum absolute atomic E-state index is 0.0219. The summed E-state index contributed by atoms with van der Waals surface area (Å²) in [5, 5.41) is 14.4. The van der Waals surface area contributed by atoms with E-state index in [0.29, 0.717) is 13.1 Å². The molecule has 1 N–H and O–H groups in total. The lowest BCUT2D eigenvalue weighted by molar-refractivity contribution is -0.384. The molecular formula is C22H18N4O4S. The first-order valence-electron chi connectivity index (χ1n) is 9.59. The second-order valence-corrected chi connectivity index (χ2v) is 7.41. The number of hydrogen-bond acceptors (Lipinski definition) is 5. The number of rotatable bonds is 5. The van der Waals surface area contributed by atoms with E-state index in [0.717, 1.165) is 22.0 Å². The molecule has 1 fully saturated rings. The number of thiocarbonyl (C=S) groups is 1. The van der Waals surface area contributed by atoms with Crippen LogP contribution >= 0.6 is 12.2 Å². The van der Waals surface area contributed by atoms with Gasteiger partial charge in [0.05, 0.1) is 4.92 Å². The van der Waals surface area contributed by atoms with Crippen LogP contribution in [0.15, 0.2) is 60.3 Å². The molecule has 2 aromatic carbocycles. The number of amides is 2. The largest absolute Gasteiger partial charge is 0.342 e. The van der Waals surface area contributed by atoms with Crippen LogP contribution in [0.3, 0.4) is 0 Å². The van der Waals surface area contributed by atoms with Crippen molar-refractivity contribution >= 4 is 51.8 Å². The first kappa shape index (κ1) is 20.4. The number of para-hydroxylation sites is 1. The Morgan fingerprint density at radius 3 is 2.52 bits per heavy atom. The third-order valence-electron chi connectivity index (χ3n) is 5.12. The molecule has 0 atom stereocenters. The average Bonchev–Trinajstić information content (AvgIpc) is 3.09. The number of nitrogens with zero attached hydrogens (tertiary/aromatic N) is 3. The Bertz CT molecular complexity index is 1260. The fourth-order valence-electron chi connectivity index (χ4n) is 3.58. The molecule has 1 saturated heterocycles. The van der Waals surface area contributed by atoms with Gasteiger partial charge in [-0.25, -0.2) is 0 Å². The van der Waals surface area contributed by atoms with Crippen molar-refractivity contribution in [3.63, 3.8) is 0 Å². The lowest BCUT2D eigenvalue weighted by Gasteiger charge is -2.27. The smallest absolute Gasteiger partial charge is 0.269 e. The molecule has 1 aliphatic rings. The number of nitrogens with one attached hydrogen (secondary N) is 1. The van der Waals surface area contributed by atoms with Gasteiger partial charge in [0, 0.05) is 47.9 Å². The van der Waals surface area contributed by atoms with Gasteiger partial charge in [-0.2, -0.15) is 0 Å². The molecule has 2 amide bonds. The predicted octanol–water partition coefficient (Wildman–Crippen LogP) is 3.24. The highest BCUT2D eigenvalue weighted by molar-refractivity contribution is 7.80. The van der Waals surface area contributed by atoms with Gasteiger partial charge >= 0.3 is 0 Å². The molecule has 0 spiro atoms. The standard InChI is InChI=1S/C22H18N4O4S/c1-2-25-21(28)18(20(27)23-22(25)31)11-15-13-24(19-6-4-3-5-17(15)19)12-14-7-9-16(10-8-14)26(29)30/h3-11,13H,2,12H2,1H3,(H,23,27,31)/b18-11+. The molecule has 3 aromatic rings. The van der Waals surface area contributed by atoms with Crippen LogP contribution in [0.1, 0.15) is 18.1 Å². The van der Waals surface area contributed by atoms with Crippen LogP contribution in [0, 0.1) is 10.1 Å². The minimum atomic E-state index is -0.521. The summed E-state index contributed by atoms with van der Waals surface area (Å²) in [6.07, 6.45) is 3.44. The van der Waals surface area contributed by atoms with Crippen LogP contribution < -0.4 is 5.32 Å². The number of hydrogen-bond donors (Lipinski definition) is 1. The van der Waals surface area contributed by atoms with Crippen LogP contribution in [-0.2, 0) is 16.1 Å². The van der Waals surface area contributed by atoms with Crippen LogP contribution in [0.25, 0.3) is 17.0 Å². The van der Waals surface area contributed by atoms with E-state index in [1.807, 2.05) is 35.0 Å². The van der Waals surface area contributed by atoms with Crippen molar-refractivity contribution in [1.29, 1.82) is 0 Å². The molecule has 1 aromatic heterocycles. The highest BCUT2D eigenvalue weighted by atomic mass is 32.1. The monoisotopic (exact) mass is 434 g/mol. The van der Waals surface area contributed by atoms with Crippen molar-refractivity contribution in [1.82, 2.24) is 14.8 Å². The van der Waals surface area contributed by atoms with Gasteiger partial charge in [-0.3, -0.25) is 29.9 Å². The van der Waals surface area contributed by atoms with Crippen LogP contribution in [0.2, 0.25) is 0 Å². The quantitative estimate of drug-likeness (QED) is 0.219. The topological polar surface area (TPSA) is 97.5 Å². The third-order valence-corrected chi connectivity index (χ3v) is 5.44. The molecule has 0 radical (unpaired) electrons. The molecule has 9 heteroatoms. The Morgan fingerprint density at radius 2 is 1.84 bits per heavy atom. The molecule has 2 heterocycles. The molecule has 1 aliphatic heterocycles. The Labute approximate surface area is 182 Å². The number of nitro groups is 1. The molecule has 156 valence electrons. The van der Waals surface area contributed by atoms with Gasteiger partial charge in [0.1, 0.15) is 5.57 Å². The van der Waals surface area contributed by atoms with E-state index in [-0.39, 0.29) is 16.4 Å². The fraction of sp³-hybridized carbons (Fsp3) is 0.136. The maximum atomic E-state index is 12.8. The predicted molar refractivity (Wildman–Crippen MR) is 120 cm³/mol. The number of carbonyl (C=O) groups is 2. The summed E-state index contributed by atoms with van der Waals surface area (Å²) in [5.74, 6) is -0.949. The average molecular weight is 434 g/mol. The van der Waals surface area contributed by atoms with E-state index >= 15 is 0 Å². The Morgan fingerprint density at radius 1 is 1.13 bits per heavy atom. The molecule has 0 unspecified atom stereocenters. The zero-order valence-electron chi connectivity index (χ0n) is 16.6. The van der Waals surface area contributed by atoms with Crippen molar-refractivity contribution in [2.45, 2.75) is 13.5 Å². The van der Waals surface area contributed by atoms with Crippen LogP contribution in [0.4, 0.5) is 5.69 Å². The highest BCUT2D eigenvalue weighted by Gasteiger charge is 2.32. The summed E-state index contributed by atoms with van der Waals surface area (Å²) < 4.78 is 1.98. The zero-order chi connectivity index (χ0) is 22.1. The van der Waals surface area contributed by atoms with Crippen LogP contribution in [0.5, 0.6) is 0 Å². The first-order chi connectivity index (χ1) is 14.9. The number of likely N-dealkylation sites (N-methyl/N-ethyl adjacent to an activating group) is 1. The van der Waals surface area contributed by atoms with Gasteiger partial charge in [-0.15, -0.1) is 0 Å². The number of benzene rings is 2. The van der Waals surface area contributed by atoms with Gasteiger partial charge in [-0.05, 0) is 36.8 Å². The fourth-order valence-corrected chi connectivity index (χ4v) is 3.88. The molecule has 0 bridgehead atoms. The van der Waals surface area contributed by atoms with E-state index in [9.17, 15) is 19.7 Å². The lowest BCUT2D eigenvalue weighted by atomic mass is 10.1. The van der Waals surface area contributed by atoms with Crippen LogP contribution in [-0.4, -0.2) is 37.9 Å². The summed E-state index contributed by atoms with van der Waals surface area (Å²) in [5.41, 5.74) is 2.58. The Kier molecular flexibility index (Phi) is 5.35. The molecule has 4 rings (SSSR count). The normalized spacial score (nSPS) is 15.6. The molecule has 0 aliphatic carbocycles. The van der Waals surface area contributed by atoms with Gasteiger partial charge in [-0.1, -0.05) is 30.3 Å². The molecule has 8 nitrogen and oxygen atoms in total. The summed E-state index contributed by atoms with van der Waals surface area (Å²) in [6.45, 7) is 2.62. The van der Waals surface area contributed by atoms with Gasteiger partial charge in [0.25, 0.3) is 17.5 Å². The van der Waals surface area contributed by atoms with E-state index < -0.39 is 16.7 Å². The number of nitro benzene ring substituents is 1. The van der Waals surface area contributed by atoms with Crippen molar-refractivity contribution in [3.05, 3.63) is 81.5 Å². The molecular weight excluding hydrogens is 416 g/mol. The van der Waals surface area contributed by atoms with Gasteiger partial charge < -0.3 is 4.57 Å². The van der Waals surface area contributed by atoms with Crippen molar-refractivity contribution in [2.75, 3.05) is 6.54 Å². The lowest BCUT2D eigenvalue weighted by Crippen LogP contribution is -2.53. The van der Waals surface area contributed by atoms with Gasteiger partial charge in [0.15, 0.2) is 5.11 Å². The number of aromatic nitrogens is 1. The van der Waals surface area contributed by atoms with Crippen molar-refractivity contribution in [3.8, 4) is 0 Å². The second-order valence-electron chi connectivity index (χ2n) is 7.02. The summed E-state index contributed by atoms with van der Waals surface area (Å²) in [6, 6.07) is 14.0. The van der Waals surface area contributed by atoms with E-state index in [4.69, 9.17) is 12.2 Å². The summed E-state index contributed by atoms with van der Waals surface area (Å²) in [7, 11) is 0. The maximum absolute atomic E-state index is 12.8. The van der Waals surface area contributed by atoms with Crippen molar-refractivity contribution in [2.24, 2.45) is 0 Å². The minimum Gasteiger partial charge on any atom is -0.342 e. The Hall–Kier alpha value is -3.85. The van der Waals surface area contributed by atoms with Crippen molar-refractivity contribution < 1.29 is 14.5 Å².